The molecule has 1 amide bonds. The highest BCUT2D eigenvalue weighted by Crippen LogP contribution is 2.31. The van der Waals surface area contributed by atoms with Crippen molar-refractivity contribution in [2.45, 2.75) is 45.4 Å². The minimum Gasteiger partial charge on any atom is -0.312 e. The van der Waals surface area contributed by atoms with E-state index in [4.69, 9.17) is 0 Å². The number of carbonyl (C=O) groups is 1. The number of aryl methyl sites for hydroxylation is 3. The van der Waals surface area contributed by atoms with Gasteiger partial charge in [-0.3, -0.25) is 9.52 Å². The quantitative estimate of drug-likeness (QED) is 0.843. The Balaban J connectivity index is 1.89. The lowest BCUT2D eigenvalue weighted by molar-refractivity contribution is -0.119. The molecule has 5 nitrogen and oxygen atoms in total. The molecule has 0 aromatic heterocycles. The van der Waals surface area contributed by atoms with Crippen LogP contribution in [0.2, 0.25) is 0 Å². The van der Waals surface area contributed by atoms with Crippen molar-refractivity contribution in [1.29, 1.82) is 0 Å². The van der Waals surface area contributed by atoms with Gasteiger partial charge in [-0.1, -0.05) is 19.9 Å². The van der Waals surface area contributed by atoms with Gasteiger partial charge in [-0.2, -0.15) is 0 Å². The van der Waals surface area contributed by atoms with Gasteiger partial charge in [-0.25, -0.2) is 8.42 Å². The summed E-state index contributed by atoms with van der Waals surface area (Å²) in [6.07, 6.45) is 1.08. The minimum atomic E-state index is -3.65. The highest BCUT2D eigenvalue weighted by molar-refractivity contribution is 7.92. The zero-order valence-electron chi connectivity index (χ0n) is 16.2. The van der Waals surface area contributed by atoms with Crippen LogP contribution in [0.15, 0.2) is 41.3 Å². The van der Waals surface area contributed by atoms with Crippen LogP contribution in [0.1, 0.15) is 37.0 Å². The Bertz CT molecular complexity index is 981. The maximum Gasteiger partial charge on any atom is 0.261 e. The second-order valence-electron chi connectivity index (χ2n) is 7.59. The number of rotatable bonds is 5. The van der Waals surface area contributed by atoms with Crippen LogP contribution in [-0.2, 0) is 21.2 Å². The molecular weight excluding hydrogens is 360 g/mol. The molecule has 0 bridgehead atoms. The number of amides is 1. The van der Waals surface area contributed by atoms with E-state index in [1.165, 1.54) is 0 Å². The molecule has 1 N–H and O–H groups in total. The summed E-state index contributed by atoms with van der Waals surface area (Å²) in [6, 6.07) is 10.5. The van der Waals surface area contributed by atoms with Gasteiger partial charge in [0.15, 0.2) is 0 Å². The smallest absolute Gasteiger partial charge is 0.261 e. The van der Waals surface area contributed by atoms with Crippen molar-refractivity contribution in [3.05, 3.63) is 53.1 Å². The summed E-state index contributed by atoms with van der Waals surface area (Å²) in [5.74, 6) is 0.488. The Morgan fingerprint density at radius 2 is 1.78 bits per heavy atom. The molecule has 0 fully saturated rings. The van der Waals surface area contributed by atoms with Crippen LogP contribution in [0.25, 0.3) is 0 Å². The normalized spacial score (nSPS) is 14.4. The number of nitrogens with zero attached hydrogens (tertiary/aromatic N) is 1. The third-order valence-electron chi connectivity index (χ3n) is 4.87. The second-order valence-corrected chi connectivity index (χ2v) is 9.28. The molecule has 0 saturated heterocycles. The number of hydrogen-bond donors (Lipinski definition) is 1. The summed E-state index contributed by atoms with van der Waals surface area (Å²) in [4.78, 5) is 14.3. The number of fused-ring (bicyclic) bond motifs is 1. The first-order valence-electron chi connectivity index (χ1n) is 9.21. The van der Waals surface area contributed by atoms with Gasteiger partial charge in [0, 0.05) is 24.3 Å². The summed E-state index contributed by atoms with van der Waals surface area (Å²) in [6.45, 7) is 8.67. The SMILES string of the molecule is Cc1ccc(S(=O)(=O)Nc2ccc3c(c2)CCC(=O)N3CC(C)C)cc1C. The van der Waals surface area contributed by atoms with Gasteiger partial charge in [-0.15, -0.1) is 0 Å². The van der Waals surface area contributed by atoms with E-state index < -0.39 is 10.0 Å². The van der Waals surface area contributed by atoms with Gasteiger partial charge in [0.2, 0.25) is 5.91 Å². The maximum atomic E-state index is 12.7. The molecule has 2 aromatic rings. The second kappa shape index (κ2) is 7.35. The average Bonchev–Trinajstić information content (AvgIpc) is 2.59. The van der Waals surface area contributed by atoms with Crippen LogP contribution < -0.4 is 9.62 Å². The van der Waals surface area contributed by atoms with Gasteiger partial charge in [-0.05, 0) is 73.2 Å². The molecule has 2 aromatic carbocycles. The summed E-state index contributed by atoms with van der Waals surface area (Å²) in [7, 11) is -3.65. The Morgan fingerprint density at radius 3 is 2.44 bits per heavy atom. The molecule has 1 aliphatic rings. The molecule has 0 aliphatic carbocycles. The van der Waals surface area contributed by atoms with E-state index in [2.05, 4.69) is 18.6 Å². The highest BCUT2D eigenvalue weighted by atomic mass is 32.2. The number of sulfonamides is 1. The van der Waals surface area contributed by atoms with E-state index in [1.54, 1.807) is 18.2 Å². The molecule has 0 saturated carbocycles. The van der Waals surface area contributed by atoms with Crippen molar-refractivity contribution in [3.63, 3.8) is 0 Å². The predicted octanol–water partition coefficient (Wildman–Crippen LogP) is 4.04. The lowest BCUT2D eigenvalue weighted by Gasteiger charge is -2.31. The topological polar surface area (TPSA) is 66.5 Å². The Labute approximate surface area is 161 Å². The molecule has 0 unspecified atom stereocenters. The highest BCUT2D eigenvalue weighted by Gasteiger charge is 2.25. The first kappa shape index (κ1) is 19.4. The standard InChI is InChI=1S/C21H26N2O3S/c1-14(2)13-23-20-9-7-18(12-17(20)6-10-21(23)24)22-27(25,26)19-8-5-15(3)16(4)11-19/h5,7-9,11-12,14,22H,6,10,13H2,1-4H3. The fourth-order valence-corrected chi connectivity index (χ4v) is 4.42. The first-order valence-corrected chi connectivity index (χ1v) is 10.7. The maximum absolute atomic E-state index is 12.7. The Hall–Kier alpha value is -2.34. The average molecular weight is 387 g/mol. The summed E-state index contributed by atoms with van der Waals surface area (Å²) in [5.41, 5.74) is 4.39. The molecule has 1 heterocycles. The molecule has 3 rings (SSSR count). The predicted molar refractivity (Wildman–Crippen MR) is 109 cm³/mol. The zero-order valence-corrected chi connectivity index (χ0v) is 17.1. The van der Waals surface area contributed by atoms with Gasteiger partial charge < -0.3 is 4.90 Å². The lowest BCUT2D eigenvalue weighted by atomic mass is 9.99. The van der Waals surface area contributed by atoms with Crippen molar-refractivity contribution in [2.24, 2.45) is 5.92 Å². The van der Waals surface area contributed by atoms with E-state index in [0.717, 1.165) is 22.4 Å². The van der Waals surface area contributed by atoms with Crippen LogP contribution in [0.4, 0.5) is 11.4 Å². The van der Waals surface area contributed by atoms with Gasteiger partial charge in [0.05, 0.1) is 4.90 Å². The van der Waals surface area contributed by atoms with Gasteiger partial charge in [0.25, 0.3) is 10.0 Å². The van der Waals surface area contributed by atoms with E-state index in [1.807, 2.05) is 36.9 Å². The van der Waals surface area contributed by atoms with Crippen molar-refractivity contribution in [3.8, 4) is 0 Å². The van der Waals surface area contributed by atoms with Gasteiger partial charge >= 0.3 is 0 Å². The Morgan fingerprint density at radius 1 is 1.04 bits per heavy atom. The molecule has 27 heavy (non-hydrogen) atoms. The van der Waals surface area contributed by atoms with E-state index >= 15 is 0 Å². The third-order valence-corrected chi connectivity index (χ3v) is 6.25. The molecule has 0 spiro atoms. The molecular formula is C21H26N2O3S. The number of hydrogen-bond acceptors (Lipinski definition) is 3. The molecule has 144 valence electrons. The van der Waals surface area contributed by atoms with E-state index in [9.17, 15) is 13.2 Å². The van der Waals surface area contributed by atoms with Crippen LogP contribution in [0.3, 0.4) is 0 Å². The molecule has 0 radical (unpaired) electrons. The van der Waals surface area contributed by atoms with Crippen LogP contribution in [0.5, 0.6) is 0 Å². The summed E-state index contributed by atoms with van der Waals surface area (Å²) >= 11 is 0. The summed E-state index contributed by atoms with van der Waals surface area (Å²) in [5, 5.41) is 0. The molecule has 6 heteroatoms. The lowest BCUT2D eigenvalue weighted by Crippen LogP contribution is -2.37. The van der Waals surface area contributed by atoms with E-state index in [0.29, 0.717) is 31.0 Å². The zero-order chi connectivity index (χ0) is 19.8. The third kappa shape index (κ3) is 4.16. The number of benzene rings is 2. The minimum absolute atomic E-state index is 0.125. The number of carbonyl (C=O) groups excluding carboxylic acids is 1. The van der Waals surface area contributed by atoms with Crippen molar-refractivity contribution >= 4 is 27.3 Å². The number of anilines is 2. The monoisotopic (exact) mass is 386 g/mol. The molecule has 0 atom stereocenters. The fraction of sp³-hybridized carbons (Fsp3) is 0.381. The van der Waals surface area contributed by atoms with Crippen LogP contribution in [0, 0.1) is 19.8 Å². The van der Waals surface area contributed by atoms with Gasteiger partial charge in [0.1, 0.15) is 0 Å². The molecule has 1 aliphatic heterocycles. The first-order chi connectivity index (χ1) is 12.7. The summed E-state index contributed by atoms with van der Waals surface area (Å²) < 4.78 is 28.1. The van der Waals surface area contributed by atoms with Crippen molar-refractivity contribution < 1.29 is 13.2 Å². The van der Waals surface area contributed by atoms with Crippen molar-refractivity contribution in [1.82, 2.24) is 0 Å². The largest absolute Gasteiger partial charge is 0.312 e. The van der Waals surface area contributed by atoms with Crippen molar-refractivity contribution in [2.75, 3.05) is 16.2 Å². The van der Waals surface area contributed by atoms with E-state index in [-0.39, 0.29) is 10.8 Å². The van der Waals surface area contributed by atoms with Crippen LogP contribution >= 0.6 is 0 Å². The Kier molecular flexibility index (Phi) is 5.29. The fourth-order valence-electron chi connectivity index (χ4n) is 3.28. The number of nitrogens with one attached hydrogen (secondary N) is 1. The van der Waals surface area contributed by atoms with Crippen LogP contribution in [-0.4, -0.2) is 20.9 Å².